The Hall–Kier alpha value is 0.310. The van der Waals surface area contributed by atoms with E-state index in [1.54, 1.807) is 0 Å². The summed E-state index contributed by atoms with van der Waals surface area (Å²) in [6, 6.07) is 0.800. The second-order valence-corrected chi connectivity index (χ2v) is 3.35. The van der Waals surface area contributed by atoms with E-state index in [0.29, 0.717) is 0 Å². The third-order valence-corrected chi connectivity index (χ3v) is 2.78. The highest BCUT2D eigenvalue weighted by Gasteiger charge is 2.09. The zero-order chi connectivity index (χ0) is 5.82. The van der Waals surface area contributed by atoms with Gasteiger partial charge in [-0.1, -0.05) is 0 Å². The normalized spacial score (nSPS) is 30.4. The average Bonchev–Trinajstić information content (AvgIpc) is 1.90. The molecule has 8 heavy (non-hydrogen) atoms. The maximum absolute atomic E-state index is 3.28. The quantitative estimate of drug-likeness (QED) is 0.572. The summed E-state index contributed by atoms with van der Waals surface area (Å²) < 4.78 is 0. The Kier molecular flexibility index (Phi) is 2.70. The van der Waals surface area contributed by atoms with Crippen molar-refractivity contribution in [3.63, 3.8) is 0 Å². The van der Waals surface area contributed by atoms with Crippen LogP contribution in [0.5, 0.6) is 0 Å². The van der Waals surface area contributed by atoms with E-state index >= 15 is 0 Å². The van der Waals surface area contributed by atoms with Crippen molar-refractivity contribution in [1.29, 1.82) is 0 Å². The summed E-state index contributed by atoms with van der Waals surface area (Å²) in [6.07, 6.45) is 2.78. The fourth-order valence-corrected chi connectivity index (χ4v) is 2.12. The molecule has 0 bridgehead atoms. The lowest BCUT2D eigenvalue weighted by Gasteiger charge is -2.19. The molecule has 0 aromatic carbocycles. The molecule has 1 heterocycles. The third kappa shape index (κ3) is 1.67. The van der Waals surface area contributed by atoms with Crippen molar-refractivity contribution in [3.05, 3.63) is 0 Å². The molecule has 0 amide bonds. The van der Waals surface area contributed by atoms with Gasteiger partial charge in [-0.25, -0.2) is 0 Å². The highest BCUT2D eigenvalue weighted by molar-refractivity contribution is 7.99. The topological polar surface area (TPSA) is 12.0 Å². The third-order valence-electron chi connectivity index (χ3n) is 1.57. The molecular formula is C6H13NS. The molecule has 1 fully saturated rings. The van der Waals surface area contributed by atoms with Crippen LogP contribution in [0.1, 0.15) is 12.8 Å². The van der Waals surface area contributed by atoms with Gasteiger partial charge >= 0.3 is 0 Å². The highest BCUT2D eigenvalue weighted by atomic mass is 32.2. The molecule has 1 nitrogen and oxygen atoms in total. The molecule has 0 aliphatic carbocycles. The Morgan fingerprint density at radius 2 is 2.50 bits per heavy atom. The van der Waals surface area contributed by atoms with E-state index in [2.05, 4.69) is 24.1 Å². The van der Waals surface area contributed by atoms with Crippen LogP contribution in [0.15, 0.2) is 0 Å². The van der Waals surface area contributed by atoms with E-state index in [1.807, 2.05) is 0 Å². The second kappa shape index (κ2) is 3.36. The van der Waals surface area contributed by atoms with Crippen molar-refractivity contribution in [1.82, 2.24) is 5.32 Å². The molecule has 1 atom stereocenters. The molecule has 2 heteroatoms. The van der Waals surface area contributed by atoms with E-state index < -0.39 is 0 Å². The molecule has 0 radical (unpaired) electrons. The minimum absolute atomic E-state index is 0.800. The van der Waals surface area contributed by atoms with Crippen molar-refractivity contribution in [3.8, 4) is 0 Å². The van der Waals surface area contributed by atoms with E-state index in [1.165, 1.54) is 24.3 Å². The van der Waals surface area contributed by atoms with Gasteiger partial charge in [0, 0.05) is 11.8 Å². The molecule has 0 saturated carbocycles. The van der Waals surface area contributed by atoms with Crippen molar-refractivity contribution in [2.24, 2.45) is 0 Å². The minimum Gasteiger partial charge on any atom is -0.316 e. The lowest BCUT2D eigenvalue weighted by atomic mass is 10.2. The van der Waals surface area contributed by atoms with Crippen LogP contribution in [0.25, 0.3) is 0 Å². The Bertz CT molecular complexity index is 59.5. The van der Waals surface area contributed by atoms with Crippen LogP contribution in [0.4, 0.5) is 0 Å². The summed E-state index contributed by atoms with van der Waals surface area (Å²) in [5.74, 6) is 2.69. The van der Waals surface area contributed by atoms with Gasteiger partial charge in [0.2, 0.25) is 0 Å². The lowest BCUT2D eigenvalue weighted by Crippen LogP contribution is -2.30. The Morgan fingerprint density at radius 3 is 2.88 bits per heavy atom. The van der Waals surface area contributed by atoms with Gasteiger partial charge in [-0.15, -0.1) is 0 Å². The van der Waals surface area contributed by atoms with Gasteiger partial charge in [0.15, 0.2) is 0 Å². The first-order chi connectivity index (χ1) is 3.93. The molecule has 1 rings (SSSR count). The zero-order valence-corrected chi connectivity index (χ0v) is 6.13. The fraction of sp³-hybridized carbons (Fsp3) is 1.00. The summed E-state index contributed by atoms with van der Waals surface area (Å²) in [7, 11) is 2.05. The first-order valence-electron chi connectivity index (χ1n) is 3.18. The summed E-state index contributed by atoms with van der Waals surface area (Å²) >= 11 is 2.07. The predicted molar refractivity (Wildman–Crippen MR) is 39.4 cm³/mol. The Morgan fingerprint density at radius 1 is 1.62 bits per heavy atom. The van der Waals surface area contributed by atoms with Gasteiger partial charge in [-0.3, -0.25) is 0 Å². The van der Waals surface area contributed by atoms with Crippen LogP contribution in [0.2, 0.25) is 0 Å². The van der Waals surface area contributed by atoms with Gasteiger partial charge < -0.3 is 5.32 Å². The second-order valence-electron chi connectivity index (χ2n) is 2.20. The van der Waals surface area contributed by atoms with E-state index in [0.717, 1.165) is 6.04 Å². The van der Waals surface area contributed by atoms with Crippen LogP contribution in [0, 0.1) is 0 Å². The molecule has 0 aromatic heterocycles. The molecule has 0 unspecified atom stereocenters. The number of hydrogen-bond acceptors (Lipinski definition) is 2. The number of thioether (sulfide) groups is 1. The van der Waals surface area contributed by atoms with Gasteiger partial charge in [-0.2, -0.15) is 11.8 Å². The van der Waals surface area contributed by atoms with Crippen LogP contribution in [0.3, 0.4) is 0 Å². The maximum Gasteiger partial charge on any atom is 0.0155 e. The molecular weight excluding hydrogens is 118 g/mol. The fourth-order valence-electron chi connectivity index (χ4n) is 0.968. The highest BCUT2D eigenvalue weighted by Crippen LogP contribution is 2.15. The van der Waals surface area contributed by atoms with E-state index in [9.17, 15) is 0 Å². The smallest absolute Gasteiger partial charge is 0.0155 e. The number of nitrogens with one attached hydrogen (secondary N) is 1. The summed E-state index contributed by atoms with van der Waals surface area (Å²) in [6.45, 7) is 0. The molecule has 1 N–H and O–H groups in total. The van der Waals surface area contributed by atoms with Gasteiger partial charge in [0.1, 0.15) is 0 Å². The molecule has 48 valence electrons. The first kappa shape index (κ1) is 6.43. The van der Waals surface area contributed by atoms with Crippen LogP contribution < -0.4 is 5.32 Å². The molecule has 1 aliphatic heterocycles. The van der Waals surface area contributed by atoms with Crippen molar-refractivity contribution in [2.75, 3.05) is 18.6 Å². The van der Waals surface area contributed by atoms with Crippen molar-refractivity contribution < 1.29 is 0 Å². The van der Waals surface area contributed by atoms with Crippen LogP contribution in [-0.4, -0.2) is 24.6 Å². The molecule has 1 saturated heterocycles. The van der Waals surface area contributed by atoms with Crippen LogP contribution in [-0.2, 0) is 0 Å². The van der Waals surface area contributed by atoms with Gasteiger partial charge in [0.25, 0.3) is 0 Å². The van der Waals surface area contributed by atoms with E-state index in [-0.39, 0.29) is 0 Å². The number of rotatable bonds is 1. The average molecular weight is 131 g/mol. The SMILES string of the molecule is CN[C@H]1CCCSC1. The van der Waals surface area contributed by atoms with Gasteiger partial charge in [-0.05, 0) is 25.6 Å². The first-order valence-corrected chi connectivity index (χ1v) is 4.34. The Balaban J connectivity index is 2.13. The van der Waals surface area contributed by atoms with Gasteiger partial charge in [0.05, 0.1) is 0 Å². The summed E-state index contributed by atoms with van der Waals surface area (Å²) in [5, 5.41) is 3.28. The lowest BCUT2D eigenvalue weighted by molar-refractivity contribution is 0.555. The maximum atomic E-state index is 3.28. The van der Waals surface area contributed by atoms with E-state index in [4.69, 9.17) is 0 Å². The molecule has 0 aromatic rings. The Labute approximate surface area is 55.2 Å². The largest absolute Gasteiger partial charge is 0.316 e. The molecule has 0 spiro atoms. The summed E-state index contributed by atoms with van der Waals surface area (Å²) in [5.41, 5.74) is 0. The zero-order valence-electron chi connectivity index (χ0n) is 5.31. The summed E-state index contributed by atoms with van der Waals surface area (Å²) in [4.78, 5) is 0. The minimum atomic E-state index is 0.800. The predicted octanol–water partition coefficient (Wildman–Crippen LogP) is 1.10. The number of hydrogen-bond donors (Lipinski definition) is 1. The standard InChI is InChI=1S/C6H13NS/c1-7-6-3-2-4-8-5-6/h6-7H,2-5H2,1H3/t6-/m0/s1. The van der Waals surface area contributed by atoms with Crippen LogP contribution >= 0.6 is 11.8 Å². The van der Waals surface area contributed by atoms with Crippen molar-refractivity contribution in [2.45, 2.75) is 18.9 Å². The monoisotopic (exact) mass is 131 g/mol. The molecule has 1 aliphatic rings. The van der Waals surface area contributed by atoms with Crippen molar-refractivity contribution >= 4 is 11.8 Å².